The Hall–Kier alpha value is -2.37. The van der Waals surface area contributed by atoms with Gasteiger partial charge in [-0.15, -0.1) is 0 Å². The highest BCUT2D eigenvalue weighted by Crippen LogP contribution is 2.59. The third-order valence-electron chi connectivity index (χ3n) is 6.14. The minimum Gasteiger partial charge on any atom is -0.481 e. The van der Waals surface area contributed by atoms with Gasteiger partial charge in [-0.2, -0.15) is 0 Å². The predicted molar refractivity (Wildman–Crippen MR) is 91.5 cm³/mol. The second-order valence-corrected chi connectivity index (χ2v) is 7.51. The number of carboxylic acids is 1. The van der Waals surface area contributed by atoms with Gasteiger partial charge >= 0.3 is 5.97 Å². The minimum absolute atomic E-state index is 0.00597. The molecule has 2 heterocycles. The van der Waals surface area contributed by atoms with Crippen molar-refractivity contribution in [1.29, 1.82) is 0 Å². The maximum absolute atomic E-state index is 12.8. The molecule has 6 nitrogen and oxygen atoms in total. The number of likely N-dealkylation sites (tertiary alicyclic amines) is 1. The maximum atomic E-state index is 12.8. The second kappa shape index (κ2) is 5.58. The Bertz CT molecular complexity index is 765. The number of nitrogens with zero attached hydrogens (tertiary/aromatic N) is 2. The van der Waals surface area contributed by atoms with Gasteiger partial charge in [-0.25, -0.2) is 0 Å². The summed E-state index contributed by atoms with van der Waals surface area (Å²) < 4.78 is 0. The van der Waals surface area contributed by atoms with Crippen LogP contribution in [0.3, 0.4) is 0 Å². The van der Waals surface area contributed by atoms with Gasteiger partial charge in [-0.05, 0) is 54.9 Å². The number of amides is 2. The van der Waals surface area contributed by atoms with Crippen molar-refractivity contribution in [3.63, 3.8) is 0 Å². The van der Waals surface area contributed by atoms with Gasteiger partial charge in [0, 0.05) is 37.8 Å². The Labute approximate surface area is 146 Å². The van der Waals surface area contributed by atoms with Crippen LogP contribution in [0.2, 0.25) is 0 Å². The van der Waals surface area contributed by atoms with E-state index in [2.05, 4.69) is 0 Å². The van der Waals surface area contributed by atoms with Crippen LogP contribution in [-0.4, -0.2) is 47.4 Å². The molecule has 1 aliphatic carbocycles. The summed E-state index contributed by atoms with van der Waals surface area (Å²) in [6, 6.07) is 5.57. The number of carbonyl (C=O) groups is 3. The summed E-state index contributed by atoms with van der Waals surface area (Å²) in [6.45, 7) is 3.48. The molecule has 1 N–H and O–H groups in total. The summed E-state index contributed by atoms with van der Waals surface area (Å²) in [7, 11) is 0. The molecule has 2 aliphatic heterocycles. The van der Waals surface area contributed by atoms with Crippen LogP contribution < -0.4 is 4.90 Å². The highest BCUT2D eigenvalue weighted by atomic mass is 16.4. The molecule has 1 atom stereocenters. The van der Waals surface area contributed by atoms with Crippen molar-refractivity contribution < 1.29 is 19.5 Å². The summed E-state index contributed by atoms with van der Waals surface area (Å²) in [6.07, 6.45) is 3.08. The van der Waals surface area contributed by atoms with Gasteiger partial charge in [0.05, 0.1) is 5.92 Å². The molecule has 132 valence electrons. The molecule has 25 heavy (non-hydrogen) atoms. The van der Waals surface area contributed by atoms with Crippen molar-refractivity contribution in [2.75, 3.05) is 24.5 Å². The van der Waals surface area contributed by atoms with Gasteiger partial charge in [-0.3, -0.25) is 14.4 Å². The Morgan fingerprint density at radius 1 is 1.16 bits per heavy atom. The molecule has 1 aromatic carbocycles. The highest BCUT2D eigenvalue weighted by molar-refractivity contribution is 5.98. The normalized spacial score (nSPS) is 23.5. The molecule has 3 aliphatic rings. The molecule has 2 amide bonds. The van der Waals surface area contributed by atoms with E-state index < -0.39 is 5.97 Å². The van der Waals surface area contributed by atoms with Gasteiger partial charge in [0.25, 0.3) is 5.91 Å². The number of carboxylic acid groups (broad SMARTS) is 1. The number of aliphatic carboxylic acids is 1. The zero-order chi connectivity index (χ0) is 17.8. The van der Waals surface area contributed by atoms with Gasteiger partial charge in [-0.1, -0.05) is 0 Å². The molecule has 1 saturated heterocycles. The summed E-state index contributed by atoms with van der Waals surface area (Å²) in [4.78, 5) is 39.1. The lowest BCUT2D eigenvalue weighted by Gasteiger charge is -2.32. The second-order valence-electron chi connectivity index (χ2n) is 7.51. The van der Waals surface area contributed by atoms with Crippen LogP contribution in [0.15, 0.2) is 18.2 Å². The molecule has 1 spiro atoms. The number of hydrogen-bond acceptors (Lipinski definition) is 3. The molecule has 1 unspecified atom stereocenters. The van der Waals surface area contributed by atoms with Gasteiger partial charge in [0.1, 0.15) is 0 Å². The van der Waals surface area contributed by atoms with E-state index in [1.807, 2.05) is 17.0 Å². The number of hydrogen-bond donors (Lipinski definition) is 1. The van der Waals surface area contributed by atoms with Crippen LogP contribution in [0, 0.1) is 11.3 Å². The summed E-state index contributed by atoms with van der Waals surface area (Å²) in [5.41, 5.74) is 2.54. The van der Waals surface area contributed by atoms with Crippen molar-refractivity contribution >= 4 is 23.5 Å². The smallest absolute Gasteiger partial charge is 0.307 e. The molecule has 2 fully saturated rings. The van der Waals surface area contributed by atoms with Crippen molar-refractivity contribution in [2.24, 2.45) is 11.3 Å². The van der Waals surface area contributed by atoms with E-state index in [9.17, 15) is 14.4 Å². The van der Waals surface area contributed by atoms with Gasteiger partial charge in [0.15, 0.2) is 0 Å². The van der Waals surface area contributed by atoms with Gasteiger partial charge in [0.2, 0.25) is 5.91 Å². The van der Waals surface area contributed by atoms with Crippen molar-refractivity contribution in [2.45, 2.75) is 32.6 Å². The van der Waals surface area contributed by atoms with E-state index in [0.29, 0.717) is 25.2 Å². The van der Waals surface area contributed by atoms with E-state index in [4.69, 9.17) is 5.11 Å². The van der Waals surface area contributed by atoms with Crippen LogP contribution in [0.25, 0.3) is 0 Å². The SMILES string of the molecule is CC(=O)N1CCc2cc(C(=O)N3CCC4(CC3)CC4C(=O)O)ccc21. The van der Waals surface area contributed by atoms with E-state index >= 15 is 0 Å². The standard InChI is InChI=1S/C19H22N2O4/c1-12(22)21-7-4-13-10-14(2-3-16(13)21)17(23)20-8-5-19(6-9-20)11-15(19)18(24)25/h2-3,10,15H,4-9,11H2,1H3,(H,24,25). The summed E-state index contributed by atoms with van der Waals surface area (Å²) in [5, 5.41) is 9.17. The highest BCUT2D eigenvalue weighted by Gasteiger charge is 2.59. The average Bonchev–Trinajstić information content (AvgIpc) is 3.12. The molecule has 4 rings (SSSR count). The number of rotatable bonds is 2. The summed E-state index contributed by atoms with van der Waals surface area (Å²) >= 11 is 0. The topological polar surface area (TPSA) is 77.9 Å². The van der Waals surface area contributed by atoms with E-state index in [1.54, 1.807) is 17.9 Å². The number of fused-ring (bicyclic) bond motifs is 1. The quantitative estimate of drug-likeness (QED) is 0.891. The molecule has 1 saturated carbocycles. The van der Waals surface area contributed by atoms with Crippen LogP contribution in [0.4, 0.5) is 5.69 Å². The zero-order valence-electron chi connectivity index (χ0n) is 14.3. The Balaban J connectivity index is 1.45. The van der Waals surface area contributed by atoms with Crippen molar-refractivity contribution in [3.05, 3.63) is 29.3 Å². The Morgan fingerprint density at radius 3 is 2.48 bits per heavy atom. The van der Waals surface area contributed by atoms with Crippen LogP contribution >= 0.6 is 0 Å². The fraction of sp³-hybridized carbons (Fsp3) is 0.526. The third kappa shape index (κ3) is 2.60. The Morgan fingerprint density at radius 2 is 1.88 bits per heavy atom. The van der Waals surface area contributed by atoms with Crippen LogP contribution in [0.5, 0.6) is 0 Å². The zero-order valence-corrected chi connectivity index (χ0v) is 14.3. The molecule has 0 aromatic heterocycles. The first-order chi connectivity index (χ1) is 11.9. The lowest BCUT2D eigenvalue weighted by atomic mass is 9.90. The third-order valence-corrected chi connectivity index (χ3v) is 6.14. The predicted octanol–water partition coefficient (Wildman–Crippen LogP) is 1.92. The molecule has 1 aromatic rings. The number of anilines is 1. The first kappa shape index (κ1) is 16.1. The first-order valence-electron chi connectivity index (χ1n) is 8.84. The monoisotopic (exact) mass is 342 g/mol. The largest absolute Gasteiger partial charge is 0.481 e. The number of piperidine rings is 1. The van der Waals surface area contributed by atoms with Crippen molar-refractivity contribution in [3.8, 4) is 0 Å². The first-order valence-corrected chi connectivity index (χ1v) is 8.84. The van der Waals surface area contributed by atoms with E-state index in [-0.39, 0.29) is 23.1 Å². The average molecular weight is 342 g/mol. The number of carbonyl (C=O) groups excluding carboxylic acids is 2. The van der Waals surface area contributed by atoms with Crippen molar-refractivity contribution in [1.82, 2.24) is 4.90 Å². The molecule has 0 bridgehead atoms. The van der Waals surface area contributed by atoms with E-state index in [1.165, 1.54) is 0 Å². The Kier molecular flexibility index (Phi) is 3.60. The minimum atomic E-state index is -0.701. The van der Waals surface area contributed by atoms with Gasteiger partial charge < -0.3 is 14.9 Å². The lowest BCUT2D eigenvalue weighted by Crippen LogP contribution is -2.40. The summed E-state index contributed by atoms with van der Waals surface area (Å²) in [5.74, 6) is -0.890. The molecular weight excluding hydrogens is 320 g/mol. The molecular formula is C19H22N2O4. The maximum Gasteiger partial charge on any atom is 0.307 e. The fourth-order valence-corrected chi connectivity index (χ4v) is 4.45. The van der Waals surface area contributed by atoms with E-state index in [0.717, 1.165) is 36.9 Å². The molecule has 6 heteroatoms. The van der Waals surface area contributed by atoms with Crippen LogP contribution in [-0.2, 0) is 16.0 Å². The molecule has 0 radical (unpaired) electrons. The van der Waals surface area contributed by atoms with Crippen LogP contribution in [0.1, 0.15) is 42.1 Å². The fourth-order valence-electron chi connectivity index (χ4n) is 4.45. The number of benzene rings is 1. The lowest BCUT2D eigenvalue weighted by molar-refractivity contribution is -0.139.